The molecule has 0 aromatic heterocycles. The van der Waals surface area contributed by atoms with E-state index in [9.17, 15) is 33.7 Å². The summed E-state index contributed by atoms with van der Waals surface area (Å²) in [4.78, 5) is 21.8. The van der Waals surface area contributed by atoms with E-state index in [0.717, 1.165) is 0 Å². The van der Waals surface area contributed by atoms with Gasteiger partial charge in [0.25, 0.3) is 0 Å². The molecule has 0 aliphatic carbocycles. The largest absolute Gasteiger partial charge is 0.248 e. The molecule has 0 unspecified atom stereocenters. The van der Waals surface area contributed by atoms with Gasteiger partial charge >= 0.3 is 0 Å². The van der Waals surface area contributed by atoms with Crippen LogP contribution in [0.4, 0.5) is 0 Å². The van der Waals surface area contributed by atoms with Crippen LogP contribution < -0.4 is 18.9 Å². The zero-order chi connectivity index (χ0) is 66.3. The van der Waals surface area contributed by atoms with Gasteiger partial charge in [0.05, 0.1) is 68.6 Å². The van der Waals surface area contributed by atoms with Gasteiger partial charge < -0.3 is 0 Å². The molecule has 96 heavy (non-hydrogen) atoms. The maximum Gasteiger partial charge on any atom is 0.216 e. The van der Waals surface area contributed by atoms with Gasteiger partial charge in [-0.15, -0.1) is 0 Å². The molecule has 8 aromatic rings. The van der Waals surface area contributed by atoms with Crippen molar-refractivity contribution in [2.45, 2.75) is 49.2 Å². The van der Waals surface area contributed by atoms with Crippen LogP contribution in [-0.4, -0.2) is 56.5 Å². The highest BCUT2D eigenvalue weighted by atomic mass is 32.2. The van der Waals surface area contributed by atoms with E-state index >= 15 is 0 Å². The molecule has 5 aliphatic heterocycles. The summed E-state index contributed by atoms with van der Waals surface area (Å²) in [5.41, 5.74) is 14.8. The molecule has 8 aromatic carbocycles. The van der Waals surface area contributed by atoms with Crippen LogP contribution in [0.25, 0.3) is 22.3 Å². The van der Waals surface area contributed by atoms with E-state index in [1.807, 2.05) is 170 Å². The Morgan fingerprint density at radius 2 is 0.427 bits per heavy atom. The van der Waals surface area contributed by atoms with E-state index in [0.29, 0.717) is 135 Å². The highest BCUT2D eigenvalue weighted by Crippen LogP contribution is 2.39. The quantitative estimate of drug-likeness (QED) is 0.0453. The van der Waals surface area contributed by atoms with Gasteiger partial charge in [-0.05, 0) is 140 Å². The van der Waals surface area contributed by atoms with Crippen molar-refractivity contribution in [3.63, 3.8) is 0 Å². The van der Waals surface area contributed by atoms with Crippen LogP contribution in [0.1, 0.15) is 66.8 Å². The summed E-state index contributed by atoms with van der Waals surface area (Å²) in [6.07, 6.45) is 15.3. The SMILES string of the molecule is O=S(=O)(Cc1ccccc1)NCc1cccc(C2=C3C=CC(=N3)C(c3cccc(CNS(=O)(=O)Cc4ccccc4)c3)=C3C=CC(=N3)C(c3cccc(CNS(=O)(=O)Cc4ccccc4)c3)=C3C=CC(=N3)C(c3cccc(CNS(=O)(=O)Cc4ccccc4)c3)=C3C=CC2=N3)c1. The Morgan fingerprint density at radius 3 is 0.635 bits per heavy atom. The Morgan fingerprint density at radius 1 is 0.229 bits per heavy atom. The second kappa shape index (κ2) is 28.1. The zero-order valence-electron chi connectivity index (χ0n) is 51.7. The van der Waals surface area contributed by atoms with E-state index in [4.69, 9.17) is 20.0 Å². The van der Waals surface area contributed by atoms with Gasteiger partial charge in [-0.25, -0.2) is 72.5 Å². The maximum atomic E-state index is 13.5. The topological polar surface area (TPSA) is 234 Å². The summed E-state index contributed by atoms with van der Waals surface area (Å²) in [6, 6.07) is 66.2. The van der Waals surface area contributed by atoms with E-state index in [2.05, 4.69) is 18.9 Å². The number of benzene rings is 8. The Balaban J connectivity index is 0.955. The fourth-order valence-corrected chi connectivity index (χ4v) is 16.2. The molecule has 0 radical (unpaired) electrons. The smallest absolute Gasteiger partial charge is 0.216 e. The Kier molecular flexibility index (Phi) is 19.0. The first-order valence-electron chi connectivity index (χ1n) is 30.9. The number of allylic oxidation sites excluding steroid dienone is 12. The summed E-state index contributed by atoms with van der Waals surface area (Å²) in [5, 5.41) is 0. The monoisotopic (exact) mass is 1340 g/mol. The number of hydrogen-bond donors (Lipinski definition) is 4. The third kappa shape index (κ3) is 16.0. The second-order valence-corrected chi connectivity index (χ2v) is 30.7. The molecule has 20 heteroatoms. The third-order valence-electron chi connectivity index (χ3n) is 16.3. The molecule has 16 nitrogen and oxygen atoms in total. The summed E-state index contributed by atoms with van der Waals surface area (Å²) >= 11 is 0. The van der Waals surface area contributed by atoms with Crippen LogP contribution >= 0.6 is 0 Å². The number of aliphatic imine (C=N–C) groups is 4. The van der Waals surface area contributed by atoms with Crippen molar-refractivity contribution < 1.29 is 33.7 Å². The molecule has 8 bridgehead atoms. The van der Waals surface area contributed by atoms with Crippen molar-refractivity contribution >= 4 is 85.2 Å². The van der Waals surface area contributed by atoms with Crippen molar-refractivity contribution in [1.82, 2.24) is 18.9 Å². The number of nitrogens with zero attached hydrogens (tertiary/aromatic N) is 4. The van der Waals surface area contributed by atoms with Crippen molar-refractivity contribution in [2.75, 3.05) is 0 Å². The molecule has 0 spiro atoms. The van der Waals surface area contributed by atoms with E-state index in [1.54, 1.807) is 97.1 Å². The lowest BCUT2D eigenvalue weighted by molar-refractivity contribution is 0.578. The van der Waals surface area contributed by atoms with Crippen molar-refractivity contribution in [1.29, 1.82) is 0 Å². The van der Waals surface area contributed by atoms with E-state index in [1.165, 1.54) is 0 Å². The molecule has 0 fully saturated rings. The number of rotatable bonds is 24. The first-order chi connectivity index (χ1) is 46.4. The number of fused-ring (bicyclic) bond motifs is 4. The molecule has 0 saturated heterocycles. The standard InChI is InChI=1S/C76H64N8O8S4/c85-93(86,49-53-17-5-1-6-18-53)77-45-57-25-13-29-61(41-57)73-65-33-35-67(81-65)74(62-30-14-26-58(42-62)46-78-94(87,88)50-54-19-7-2-8-20-54)69-37-39-71(83-69)76(64-32-16-28-60(44-64)48-80-96(91,92)52-56-23-11-4-12-24-56)72-40-38-70(84-72)75(68-36-34-66(73)82-68)63-31-15-27-59(43-63)47-79-95(89,90)51-55-21-9-3-10-22-55/h1-44,77-80H,45-52H2. The molecule has 4 N–H and O–H groups in total. The second-order valence-electron chi connectivity index (χ2n) is 23.4. The van der Waals surface area contributed by atoms with Crippen LogP contribution in [0.3, 0.4) is 0 Å². The Labute approximate surface area is 559 Å². The minimum Gasteiger partial charge on any atom is -0.248 e. The van der Waals surface area contributed by atoms with Crippen molar-refractivity contribution in [3.8, 4) is 0 Å². The summed E-state index contributed by atoms with van der Waals surface area (Å²) < 4.78 is 119. The first-order valence-corrected chi connectivity index (χ1v) is 37.5. The summed E-state index contributed by atoms with van der Waals surface area (Å²) in [7, 11) is -15.0. The van der Waals surface area contributed by atoms with Gasteiger partial charge in [0, 0.05) is 48.5 Å². The highest BCUT2D eigenvalue weighted by molar-refractivity contribution is 7.89. The zero-order valence-corrected chi connectivity index (χ0v) is 55.0. The highest BCUT2D eigenvalue weighted by Gasteiger charge is 2.29. The molecule has 0 saturated carbocycles. The van der Waals surface area contributed by atoms with Crippen LogP contribution in [0.2, 0.25) is 0 Å². The lowest BCUT2D eigenvalue weighted by atomic mass is 9.96. The number of nitrogens with one attached hydrogen (secondary N) is 4. The predicted molar refractivity (Wildman–Crippen MR) is 383 cm³/mol. The van der Waals surface area contributed by atoms with Gasteiger partial charge in [-0.1, -0.05) is 194 Å². The maximum absolute atomic E-state index is 13.5. The van der Waals surface area contributed by atoms with Gasteiger partial charge in [-0.3, -0.25) is 0 Å². The fourth-order valence-electron chi connectivity index (χ4n) is 11.8. The van der Waals surface area contributed by atoms with Gasteiger partial charge in [0.15, 0.2) is 0 Å². The van der Waals surface area contributed by atoms with E-state index in [-0.39, 0.29) is 49.2 Å². The summed E-state index contributed by atoms with van der Waals surface area (Å²) in [6.45, 7) is -0.0164. The molecule has 5 heterocycles. The fraction of sp³-hybridized carbons (Fsp3) is 0.105. The number of hydrogen-bond acceptors (Lipinski definition) is 12. The summed E-state index contributed by atoms with van der Waals surface area (Å²) in [5.74, 6) is -0.792. The predicted octanol–water partition coefficient (Wildman–Crippen LogP) is 12.2. The lowest BCUT2D eigenvalue weighted by Crippen LogP contribution is -2.24. The number of sulfonamides is 4. The molecule has 13 rings (SSSR count). The van der Waals surface area contributed by atoms with Gasteiger partial charge in [0.2, 0.25) is 40.1 Å². The van der Waals surface area contributed by atoms with Gasteiger partial charge in [0.1, 0.15) is 0 Å². The first kappa shape index (κ1) is 64.7. The third-order valence-corrected chi connectivity index (χ3v) is 21.4. The minimum atomic E-state index is -3.76. The molecular formula is C76H64N8O8S4. The van der Waals surface area contributed by atoms with Crippen molar-refractivity contribution in [2.24, 2.45) is 20.0 Å². The Hall–Kier alpha value is -10.0. The average molecular weight is 1350 g/mol. The molecule has 0 atom stereocenters. The van der Waals surface area contributed by atoms with Crippen molar-refractivity contribution in [3.05, 3.63) is 357 Å². The minimum absolute atomic E-state index is 0.00410. The molecule has 0 amide bonds. The Bertz CT molecular complexity index is 4610. The molecule has 480 valence electrons. The van der Waals surface area contributed by atoms with Crippen LogP contribution in [0, 0.1) is 0 Å². The molecular weight excluding hydrogens is 1280 g/mol. The van der Waals surface area contributed by atoms with E-state index < -0.39 is 40.1 Å². The molecule has 5 aliphatic rings. The van der Waals surface area contributed by atoms with Crippen LogP contribution in [-0.2, 0) is 89.3 Å². The average Bonchev–Trinajstić information content (AvgIpc) is 1.62. The lowest BCUT2D eigenvalue weighted by Gasteiger charge is -2.14. The van der Waals surface area contributed by atoms with Crippen LogP contribution in [0.15, 0.2) is 310 Å². The van der Waals surface area contributed by atoms with Gasteiger partial charge in [-0.2, -0.15) is 0 Å². The normalized spacial score (nSPS) is 15.4. The van der Waals surface area contributed by atoms with Crippen LogP contribution in [0.5, 0.6) is 0 Å².